The van der Waals surface area contributed by atoms with E-state index in [1.54, 1.807) is 60.9 Å². The average Bonchev–Trinajstić information content (AvgIpc) is 1.75. The summed E-state index contributed by atoms with van der Waals surface area (Å²) in [7, 11) is 2.75. The molecule has 2 aromatic heterocycles. The summed E-state index contributed by atoms with van der Waals surface area (Å²) < 4.78 is 0. The van der Waals surface area contributed by atoms with Crippen molar-refractivity contribution in [3.05, 3.63) is 102 Å². The predicted molar refractivity (Wildman–Crippen MR) is 467 cm³/mol. The van der Waals surface area contributed by atoms with Crippen molar-refractivity contribution in [3.63, 3.8) is 0 Å². The molecule has 694 valence electrons. The topological polar surface area (TPSA) is 614 Å². The quantitative estimate of drug-likeness (QED) is 0.0329. The smallest absolute Gasteiger partial charge is 0.305 e. The Morgan fingerprint density at radius 2 is 0.953 bits per heavy atom. The number of carboxylic acids is 2. The zero-order valence-corrected chi connectivity index (χ0v) is 73.1. The number of unbranched alkanes of at least 4 members (excludes halogenated alkanes) is 2. The summed E-state index contributed by atoms with van der Waals surface area (Å²) in [6.07, 6.45) is 2.32. The maximum atomic E-state index is 15.7. The lowest BCUT2D eigenvalue weighted by atomic mass is 10.00. The fourth-order valence-electron chi connectivity index (χ4n) is 16.4. The van der Waals surface area contributed by atoms with Crippen LogP contribution in [0.5, 0.6) is 5.75 Å². The number of likely N-dealkylation sites (N-methyl/N-ethyl adjacent to an activating group) is 2. The second kappa shape index (κ2) is 47.2. The van der Waals surface area contributed by atoms with Gasteiger partial charge in [0.2, 0.25) is 94.5 Å². The maximum absolute atomic E-state index is 15.7. The number of rotatable bonds is 23. The molecule has 4 fully saturated rings. The summed E-state index contributed by atoms with van der Waals surface area (Å²) in [4.78, 5) is 271. The number of hydrogen-bond acceptors (Lipinski definition) is 22. The molecule has 0 bridgehead atoms. The third kappa shape index (κ3) is 26.5. The first kappa shape index (κ1) is 99.1. The van der Waals surface area contributed by atoms with E-state index < -0.39 is 235 Å². The van der Waals surface area contributed by atoms with Gasteiger partial charge in [0.1, 0.15) is 90.3 Å². The number of amides is 16. The number of aromatic amines is 2. The molecule has 4 aliphatic heterocycles. The van der Waals surface area contributed by atoms with Crippen molar-refractivity contribution in [2.24, 2.45) is 17.2 Å². The monoisotopic (exact) mass is 1800 g/mol. The van der Waals surface area contributed by atoms with Crippen molar-refractivity contribution in [2.75, 3.05) is 64.9 Å². The van der Waals surface area contributed by atoms with Crippen molar-refractivity contribution in [3.8, 4) is 5.75 Å². The normalized spacial score (nSPS) is 25.3. The van der Waals surface area contributed by atoms with Gasteiger partial charge in [0.15, 0.2) is 0 Å². The van der Waals surface area contributed by atoms with Crippen LogP contribution in [0, 0.1) is 0 Å². The summed E-state index contributed by atoms with van der Waals surface area (Å²) >= 11 is 0.786. The van der Waals surface area contributed by atoms with Gasteiger partial charge in [0.05, 0.1) is 18.7 Å². The van der Waals surface area contributed by atoms with Gasteiger partial charge in [-0.1, -0.05) is 88.1 Å². The Balaban J connectivity index is 1.07. The van der Waals surface area contributed by atoms with Gasteiger partial charge in [-0.25, -0.2) is 0 Å². The largest absolute Gasteiger partial charge is 0.508 e. The summed E-state index contributed by atoms with van der Waals surface area (Å²) in [6, 6.07) is -1.36. The van der Waals surface area contributed by atoms with E-state index in [1.807, 2.05) is 13.8 Å². The number of carbonyl (C=O) groups is 18. The van der Waals surface area contributed by atoms with Gasteiger partial charge in [-0.05, 0) is 119 Å². The number of aromatic nitrogens is 2. The van der Waals surface area contributed by atoms with E-state index in [-0.39, 0.29) is 109 Å². The van der Waals surface area contributed by atoms with Gasteiger partial charge >= 0.3 is 11.9 Å². The van der Waals surface area contributed by atoms with E-state index in [4.69, 9.17) is 17.2 Å². The third-order valence-electron chi connectivity index (χ3n) is 23.4. The van der Waals surface area contributed by atoms with Crippen LogP contribution in [0.3, 0.4) is 0 Å². The first-order chi connectivity index (χ1) is 61.1. The molecule has 42 heteroatoms. The molecule has 21 N–H and O–H groups in total. The van der Waals surface area contributed by atoms with E-state index in [9.17, 15) is 72.9 Å². The SMILES string of the molecule is CCCC[C@H]1C(=O)N(C)[C@@H](CCCC)C(=O)N[C@@H](C)C(=O)N[C@H](C(=O)NCC(N)=O)CSCC(=O)N[C@@H](Cc2ccc(O)cc2)C(=O)N2CCC[C@H]2C(=O)N[C@@H](CC(=O)O)C(=O)N2CCC[C@H]2C(=O)N[C@@H](CN)C(=O)N[C@@H](CCC(=O)O)C(=O)N2CCC[C@H]2C(=O)N[C@@H](Cc2c[nH]c3ccccc23)C(=O)N[C@@H](CCN)C(=O)N[C@@H](Cc2c[nH]c3ccccc23)C(=O)N1C. The fraction of sp³-hybridized carbons (Fsp3) is 0.535. The van der Waals surface area contributed by atoms with Crippen LogP contribution >= 0.6 is 11.8 Å². The van der Waals surface area contributed by atoms with Crippen molar-refractivity contribution in [2.45, 2.75) is 227 Å². The first-order valence-corrected chi connectivity index (χ1v) is 44.3. The Morgan fingerprint density at radius 1 is 0.484 bits per heavy atom. The number of carbonyl (C=O) groups excluding carboxylic acids is 16. The zero-order valence-electron chi connectivity index (χ0n) is 72.3. The first-order valence-electron chi connectivity index (χ1n) is 43.2. The van der Waals surface area contributed by atoms with Crippen LogP contribution in [0.25, 0.3) is 21.8 Å². The minimum Gasteiger partial charge on any atom is -0.508 e. The van der Waals surface area contributed by atoms with E-state index >= 15 is 28.8 Å². The number of thioether (sulfide) groups is 1. The Morgan fingerprint density at radius 3 is 1.48 bits per heavy atom. The molecule has 41 nitrogen and oxygen atoms in total. The van der Waals surface area contributed by atoms with E-state index in [0.29, 0.717) is 64.2 Å². The fourth-order valence-corrected chi connectivity index (χ4v) is 17.3. The number of carboxylic acid groups (broad SMARTS) is 2. The second-order valence-corrected chi connectivity index (χ2v) is 33.6. The summed E-state index contributed by atoms with van der Waals surface area (Å²) in [5, 5.41) is 57.8. The lowest BCUT2D eigenvalue weighted by Crippen LogP contribution is -2.61. The summed E-state index contributed by atoms with van der Waals surface area (Å²) in [5.41, 5.74) is 20.6. The number of primary amides is 1. The van der Waals surface area contributed by atoms with Crippen LogP contribution in [0.2, 0.25) is 0 Å². The highest BCUT2D eigenvalue weighted by Crippen LogP contribution is 2.28. The lowest BCUT2D eigenvalue weighted by Gasteiger charge is -2.36. The molecule has 14 atom stereocenters. The van der Waals surface area contributed by atoms with Crippen molar-refractivity contribution in [1.82, 2.24) is 87.6 Å². The van der Waals surface area contributed by atoms with E-state index in [2.05, 4.69) is 63.1 Å². The van der Waals surface area contributed by atoms with Crippen LogP contribution in [0.4, 0.5) is 0 Å². The Kier molecular flexibility index (Phi) is 36.5. The van der Waals surface area contributed by atoms with Gasteiger partial charge in [-0.15, -0.1) is 11.8 Å². The number of H-pyrrole nitrogens is 2. The number of nitrogens with zero attached hydrogens (tertiary/aromatic N) is 5. The van der Waals surface area contributed by atoms with Gasteiger partial charge in [-0.2, -0.15) is 0 Å². The van der Waals surface area contributed by atoms with Crippen molar-refractivity contribution >= 4 is 140 Å². The molecule has 6 heterocycles. The van der Waals surface area contributed by atoms with Crippen LogP contribution in [-0.2, 0) is 106 Å². The molecule has 0 aliphatic carbocycles. The molecule has 128 heavy (non-hydrogen) atoms. The molecule has 0 spiro atoms. The zero-order chi connectivity index (χ0) is 93.2. The number of hydrogen-bond donors (Lipinski definition) is 18. The number of aromatic hydroxyl groups is 1. The molecule has 9 rings (SSSR count). The highest BCUT2D eigenvalue weighted by Gasteiger charge is 2.46. The molecule has 3 aromatic carbocycles. The molecule has 5 aromatic rings. The van der Waals surface area contributed by atoms with Gasteiger partial charge in [0, 0.05) is 106 Å². The standard InChI is InChI=1S/C86H118N20O21S/c1-6-8-21-64-78(119)93-47(3)73(114)101-63(74(115)92-44-69(89)108)45-128-46-70(109)94-59(37-48-26-28-51(107)29-27-48)84(125)105-35-15-24-66(105)80(121)99-61(40-72(112)113)85(126)106-36-16-25-67(106)81(122)100-62(41-88)77(118)96-57(30-31-71(110)111)83(124)104-34-14-23-65(104)79(120)97-58(38-49-42-90-54-19-12-10-17-52(49)54)76(117)95-56(32-33-87)75(116)98-60(39-50-43-91-55-20-13-11-18-53(50)55)82(123)103(5)68(22-9-7-2)86(127)102(64)4/h10-13,17-20,26-29,42-43,47,56-68,90-91,107H,6-9,14-16,21-25,30-41,44-46,87-88H2,1-5H3,(H2,89,108)(H,92,115)(H,93,119)(H,94,109)(H,95,117)(H,96,118)(H,97,120)(H,98,116)(H,99,121)(H,100,122)(H,101,114)(H,110,111)(H,112,113)/t47-,56-,57-,58-,59-,60-,61-,62-,63-,64-,65-,66-,67-,68-/m0/s1. The number of nitrogens with two attached hydrogens (primary N) is 3. The third-order valence-corrected chi connectivity index (χ3v) is 24.4. The predicted octanol–water partition coefficient (Wildman–Crippen LogP) is -2.23. The Labute approximate surface area is 742 Å². The molecular weight excluding hydrogens is 1680 g/mol. The highest BCUT2D eigenvalue weighted by atomic mass is 32.2. The van der Waals surface area contributed by atoms with Gasteiger partial charge in [-0.3, -0.25) is 86.3 Å². The molecular formula is C86H118N20O21S. The van der Waals surface area contributed by atoms with E-state index in [1.165, 1.54) is 55.1 Å². The van der Waals surface area contributed by atoms with Crippen LogP contribution in [0.15, 0.2) is 85.2 Å². The van der Waals surface area contributed by atoms with Gasteiger partial charge in [0.25, 0.3) is 0 Å². The second-order valence-electron chi connectivity index (χ2n) is 32.6. The Bertz CT molecular complexity index is 4870. The van der Waals surface area contributed by atoms with Gasteiger partial charge < -0.3 is 120 Å². The minimum atomic E-state index is -1.88. The van der Waals surface area contributed by atoms with Crippen molar-refractivity contribution in [1.29, 1.82) is 0 Å². The molecule has 4 saturated heterocycles. The number of benzene rings is 3. The number of para-hydroxylation sites is 2. The molecule has 0 radical (unpaired) electrons. The van der Waals surface area contributed by atoms with E-state index in [0.717, 1.165) is 26.5 Å². The summed E-state index contributed by atoms with van der Waals surface area (Å²) in [6.45, 7) is 3.07. The number of aliphatic carboxylic acids is 2. The maximum Gasteiger partial charge on any atom is 0.305 e. The molecule has 4 aliphatic rings. The van der Waals surface area contributed by atoms with Crippen LogP contribution < -0.4 is 70.4 Å². The summed E-state index contributed by atoms with van der Waals surface area (Å²) in [5.74, 6) is -18.6. The number of nitrogens with one attached hydrogen (secondary N) is 12. The number of fused-ring (bicyclic) bond motifs is 5. The molecule has 16 amide bonds. The number of phenols is 1. The lowest BCUT2D eigenvalue weighted by molar-refractivity contribution is -0.149. The van der Waals surface area contributed by atoms with Crippen LogP contribution in [-0.4, -0.2) is 306 Å². The van der Waals surface area contributed by atoms with Crippen molar-refractivity contribution < 1.29 is 102 Å². The minimum absolute atomic E-state index is 0.0169. The number of phenolic OH excluding ortho intramolecular Hbond substituents is 1. The highest BCUT2D eigenvalue weighted by molar-refractivity contribution is 8.00. The molecule has 0 unspecified atom stereocenters. The average molecular weight is 1800 g/mol. The Hall–Kier alpha value is -12.7. The molecule has 0 saturated carbocycles. The van der Waals surface area contributed by atoms with Crippen LogP contribution in [0.1, 0.15) is 140 Å².